The van der Waals surface area contributed by atoms with E-state index >= 15 is 0 Å². The molecule has 1 amide bonds. The first-order valence-corrected chi connectivity index (χ1v) is 10.9. The van der Waals surface area contributed by atoms with Crippen molar-refractivity contribution in [1.29, 1.82) is 0 Å². The third-order valence-corrected chi connectivity index (χ3v) is 5.23. The molecule has 7 nitrogen and oxygen atoms in total. The number of rotatable bonds is 9. The van der Waals surface area contributed by atoms with Gasteiger partial charge < -0.3 is 24.1 Å². The standard InChI is InChI=1S/C26H26N2O5/c1-3-28-21-10-6-5-9-19(21)20-15-18(13-14-22(20)28)27-25(29)16-33-26(30)17-32-24-12-8-7-11-23(24)31-4-2/h5-15H,3-4,16-17H2,1-2H3,(H,27,29). The number of nitrogens with zero attached hydrogens (tertiary/aromatic N) is 1. The molecule has 0 bridgehead atoms. The summed E-state index contributed by atoms with van der Waals surface area (Å²) < 4.78 is 18.2. The van der Waals surface area contributed by atoms with Crippen LogP contribution < -0.4 is 14.8 Å². The largest absolute Gasteiger partial charge is 0.490 e. The Kier molecular flexibility index (Phi) is 6.78. The van der Waals surface area contributed by atoms with Gasteiger partial charge in [-0.05, 0) is 50.2 Å². The molecule has 0 aliphatic heterocycles. The highest BCUT2D eigenvalue weighted by molar-refractivity contribution is 6.09. The van der Waals surface area contributed by atoms with Gasteiger partial charge in [0.2, 0.25) is 0 Å². The number of esters is 1. The van der Waals surface area contributed by atoms with Gasteiger partial charge in [0.25, 0.3) is 5.91 Å². The molecule has 0 saturated heterocycles. The number of aromatic nitrogens is 1. The number of hydrogen-bond acceptors (Lipinski definition) is 5. The molecule has 1 aromatic heterocycles. The van der Waals surface area contributed by atoms with Gasteiger partial charge >= 0.3 is 5.97 Å². The summed E-state index contributed by atoms with van der Waals surface area (Å²) in [5, 5.41) is 4.98. The molecular weight excluding hydrogens is 420 g/mol. The molecular formula is C26H26N2O5. The average molecular weight is 447 g/mol. The van der Waals surface area contributed by atoms with Crippen molar-refractivity contribution in [2.75, 3.05) is 25.1 Å². The number of ether oxygens (including phenoxy) is 3. The molecule has 0 atom stereocenters. The van der Waals surface area contributed by atoms with Crippen molar-refractivity contribution in [2.24, 2.45) is 0 Å². The molecule has 3 aromatic carbocycles. The molecule has 0 unspecified atom stereocenters. The number of carbonyl (C=O) groups excluding carboxylic acids is 2. The quantitative estimate of drug-likeness (QED) is 0.375. The predicted molar refractivity (Wildman–Crippen MR) is 128 cm³/mol. The molecule has 33 heavy (non-hydrogen) atoms. The lowest BCUT2D eigenvalue weighted by Gasteiger charge is -2.11. The molecule has 4 aromatic rings. The second kappa shape index (κ2) is 10.1. The van der Waals surface area contributed by atoms with Crippen molar-refractivity contribution in [1.82, 2.24) is 4.57 Å². The molecule has 0 fully saturated rings. The molecule has 170 valence electrons. The van der Waals surface area contributed by atoms with Crippen LogP contribution in [0.5, 0.6) is 11.5 Å². The third-order valence-electron chi connectivity index (χ3n) is 5.23. The zero-order valence-corrected chi connectivity index (χ0v) is 18.7. The summed E-state index contributed by atoms with van der Waals surface area (Å²) in [6, 6.07) is 21.0. The van der Waals surface area contributed by atoms with Gasteiger partial charge in [0.15, 0.2) is 24.7 Å². The van der Waals surface area contributed by atoms with Crippen molar-refractivity contribution in [3.8, 4) is 11.5 Å². The number of nitrogens with one attached hydrogen (secondary N) is 1. The highest BCUT2D eigenvalue weighted by atomic mass is 16.6. The molecule has 1 heterocycles. The topological polar surface area (TPSA) is 78.8 Å². The first kappa shape index (κ1) is 22.2. The van der Waals surface area contributed by atoms with Gasteiger partial charge in [0, 0.05) is 34.0 Å². The lowest BCUT2D eigenvalue weighted by atomic mass is 10.1. The van der Waals surface area contributed by atoms with E-state index in [2.05, 4.69) is 28.9 Å². The Morgan fingerprint density at radius 3 is 2.27 bits per heavy atom. The highest BCUT2D eigenvalue weighted by Gasteiger charge is 2.13. The summed E-state index contributed by atoms with van der Waals surface area (Å²) in [5.41, 5.74) is 2.90. The minimum Gasteiger partial charge on any atom is -0.490 e. The minimum atomic E-state index is -0.641. The SMILES string of the molecule is CCOc1ccccc1OCC(=O)OCC(=O)Nc1ccc2c(c1)c1ccccc1n2CC. The third kappa shape index (κ3) is 4.92. The van der Waals surface area contributed by atoms with E-state index < -0.39 is 18.5 Å². The molecule has 7 heteroatoms. The number of hydrogen-bond donors (Lipinski definition) is 1. The van der Waals surface area contributed by atoms with Gasteiger partial charge in [-0.15, -0.1) is 0 Å². The van der Waals surface area contributed by atoms with E-state index in [0.29, 0.717) is 23.8 Å². The Morgan fingerprint density at radius 1 is 0.818 bits per heavy atom. The lowest BCUT2D eigenvalue weighted by Crippen LogP contribution is -2.23. The Hall–Kier alpha value is -4.00. The number of aryl methyl sites for hydroxylation is 1. The van der Waals surface area contributed by atoms with Crippen LogP contribution in [0.1, 0.15) is 13.8 Å². The van der Waals surface area contributed by atoms with Crippen molar-refractivity contribution in [2.45, 2.75) is 20.4 Å². The highest BCUT2D eigenvalue weighted by Crippen LogP contribution is 2.31. The minimum absolute atomic E-state index is 0.320. The molecule has 4 rings (SSSR count). The van der Waals surface area contributed by atoms with E-state index in [-0.39, 0.29) is 6.61 Å². The van der Waals surface area contributed by atoms with Crippen LogP contribution >= 0.6 is 0 Å². The Morgan fingerprint density at radius 2 is 1.52 bits per heavy atom. The Bertz CT molecular complexity index is 1290. The zero-order chi connectivity index (χ0) is 23.2. The van der Waals surface area contributed by atoms with Gasteiger partial charge in [-0.1, -0.05) is 30.3 Å². The number of para-hydroxylation sites is 3. The maximum absolute atomic E-state index is 12.3. The fourth-order valence-corrected chi connectivity index (χ4v) is 3.84. The number of anilines is 1. The van der Waals surface area contributed by atoms with E-state index in [9.17, 15) is 9.59 Å². The van der Waals surface area contributed by atoms with Crippen LogP contribution in [0.25, 0.3) is 21.8 Å². The van der Waals surface area contributed by atoms with E-state index in [1.165, 1.54) is 0 Å². The predicted octanol–water partition coefficient (Wildman–Crippen LogP) is 4.77. The number of benzene rings is 3. The molecule has 0 radical (unpaired) electrons. The van der Waals surface area contributed by atoms with Crippen LogP contribution in [0.15, 0.2) is 66.7 Å². The van der Waals surface area contributed by atoms with Gasteiger partial charge in [-0.25, -0.2) is 4.79 Å². The van der Waals surface area contributed by atoms with Crippen LogP contribution in [0, 0.1) is 0 Å². The summed E-state index contributed by atoms with van der Waals surface area (Å²) in [6.45, 7) is 4.58. The van der Waals surface area contributed by atoms with Crippen LogP contribution in [-0.2, 0) is 20.9 Å². The summed E-state index contributed by atoms with van der Waals surface area (Å²) in [7, 11) is 0. The van der Waals surface area contributed by atoms with E-state index in [1.807, 2.05) is 43.3 Å². The zero-order valence-electron chi connectivity index (χ0n) is 18.7. The van der Waals surface area contributed by atoms with Crippen LogP contribution in [-0.4, -0.2) is 36.3 Å². The molecule has 1 N–H and O–H groups in total. The van der Waals surface area contributed by atoms with Crippen molar-refractivity contribution in [3.05, 3.63) is 66.7 Å². The van der Waals surface area contributed by atoms with E-state index in [1.54, 1.807) is 18.2 Å². The fourth-order valence-electron chi connectivity index (χ4n) is 3.84. The molecule has 0 aliphatic carbocycles. The smallest absolute Gasteiger partial charge is 0.344 e. The summed E-state index contributed by atoms with van der Waals surface area (Å²) >= 11 is 0. The van der Waals surface area contributed by atoms with E-state index in [0.717, 1.165) is 28.4 Å². The molecule has 0 saturated carbocycles. The summed E-state index contributed by atoms with van der Waals surface area (Å²) in [4.78, 5) is 24.4. The molecule has 0 aliphatic rings. The average Bonchev–Trinajstić information content (AvgIpc) is 3.15. The van der Waals surface area contributed by atoms with Crippen LogP contribution in [0.4, 0.5) is 5.69 Å². The van der Waals surface area contributed by atoms with Crippen molar-refractivity contribution >= 4 is 39.4 Å². The van der Waals surface area contributed by atoms with Gasteiger partial charge in [-0.2, -0.15) is 0 Å². The fraction of sp³-hybridized carbons (Fsp3) is 0.231. The van der Waals surface area contributed by atoms with Crippen molar-refractivity contribution < 1.29 is 23.8 Å². The normalized spacial score (nSPS) is 10.8. The van der Waals surface area contributed by atoms with Crippen molar-refractivity contribution in [3.63, 3.8) is 0 Å². The van der Waals surface area contributed by atoms with Gasteiger partial charge in [-0.3, -0.25) is 4.79 Å². The maximum Gasteiger partial charge on any atom is 0.344 e. The first-order chi connectivity index (χ1) is 16.1. The van der Waals surface area contributed by atoms with E-state index in [4.69, 9.17) is 14.2 Å². The number of fused-ring (bicyclic) bond motifs is 3. The van der Waals surface area contributed by atoms with Gasteiger partial charge in [0.05, 0.1) is 6.61 Å². The van der Waals surface area contributed by atoms with Gasteiger partial charge in [0.1, 0.15) is 0 Å². The summed E-state index contributed by atoms with van der Waals surface area (Å²) in [6.07, 6.45) is 0. The van der Waals surface area contributed by atoms with Crippen LogP contribution in [0.2, 0.25) is 0 Å². The lowest BCUT2D eigenvalue weighted by molar-refractivity contribution is -0.149. The summed E-state index contributed by atoms with van der Waals surface area (Å²) in [5.74, 6) is -0.0692. The Labute approximate surface area is 191 Å². The molecule has 0 spiro atoms. The second-order valence-electron chi connectivity index (χ2n) is 7.37. The second-order valence-corrected chi connectivity index (χ2v) is 7.37. The number of amides is 1. The number of carbonyl (C=O) groups is 2. The monoisotopic (exact) mass is 446 g/mol. The van der Waals surface area contributed by atoms with Crippen LogP contribution in [0.3, 0.4) is 0 Å². The Balaban J connectivity index is 1.35. The maximum atomic E-state index is 12.3. The first-order valence-electron chi connectivity index (χ1n) is 10.9.